The highest BCUT2D eigenvalue weighted by Gasteiger charge is 2.27. The van der Waals surface area contributed by atoms with Gasteiger partial charge in [0.1, 0.15) is 0 Å². The van der Waals surface area contributed by atoms with Gasteiger partial charge in [-0.05, 0) is 67.8 Å². The average Bonchev–Trinajstić information content (AvgIpc) is 2.98. The molecule has 0 amide bonds. The van der Waals surface area contributed by atoms with E-state index >= 15 is 0 Å². The van der Waals surface area contributed by atoms with Crippen LogP contribution in [0.15, 0.2) is 60.7 Å². The molecule has 0 saturated heterocycles. The summed E-state index contributed by atoms with van der Waals surface area (Å²) in [6.45, 7) is 13.8. The van der Waals surface area contributed by atoms with Gasteiger partial charge in [0.2, 0.25) is 0 Å². The van der Waals surface area contributed by atoms with Crippen LogP contribution in [0.2, 0.25) is 0 Å². The van der Waals surface area contributed by atoms with Gasteiger partial charge >= 0.3 is 0 Å². The van der Waals surface area contributed by atoms with Crippen molar-refractivity contribution in [3.8, 4) is 22.3 Å². The Labute approximate surface area is 164 Å². The van der Waals surface area contributed by atoms with E-state index < -0.39 is 0 Å². The van der Waals surface area contributed by atoms with Crippen LogP contribution in [0.25, 0.3) is 22.3 Å². The van der Waals surface area contributed by atoms with E-state index in [9.17, 15) is 0 Å². The van der Waals surface area contributed by atoms with Crippen LogP contribution in [0.1, 0.15) is 63.8 Å². The van der Waals surface area contributed by atoms with Gasteiger partial charge in [0.05, 0.1) is 0 Å². The first-order chi connectivity index (χ1) is 12.6. The summed E-state index contributed by atoms with van der Waals surface area (Å²) >= 11 is 0. The highest BCUT2D eigenvalue weighted by molar-refractivity contribution is 5.91. The first-order valence-corrected chi connectivity index (χ1v) is 10.0. The standard InChI is InChI=1S/C27H30/c1-26(2,3)21-12-13-23-19(15-21)14-20-16-22(27(4,5)6)17-24(25(20)23)18-10-8-7-9-11-18/h7-13,15-17H,14H2,1-6H3. The van der Waals surface area contributed by atoms with Gasteiger partial charge in [-0.1, -0.05) is 96.1 Å². The second kappa shape index (κ2) is 6.09. The number of hydrogen-bond donors (Lipinski definition) is 0. The fourth-order valence-corrected chi connectivity index (χ4v) is 4.09. The maximum atomic E-state index is 2.44. The molecule has 138 valence electrons. The lowest BCUT2D eigenvalue weighted by atomic mass is 9.82. The van der Waals surface area contributed by atoms with Crippen molar-refractivity contribution in [1.82, 2.24) is 0 Å². The maximum Gasteiger partial charge on any atom is -0.00130 e. The maximum absolute atomic E-state index is 2.44. The zero-order chi connectivity index (χ0) is 19.4. The number of hydrogen-bond acceptors (Lipinski definition) is 0. The zero-order valence-electron chi connectivity index (χ0n) is 17.5. The Bertz CT molecular complexity index is 993. The minimum atomic E-state index is 0.143. The van der Waals surface area contributed by atoms with Crippen molar-refractivity contribution >= 4 is 0 Å². The normalized spacial score (nSPS) is 13.4. The van der Waals surface area contributed by atoms with Gasteiger partial charge in [0.25, 0.3) is 0 Å². The fourth-order valence-electron chi connectivity index (χ4n) is 4.09. The Morgan fingerprint density at radius 1 is 0.593 bits per heavy atom. The molecule has 0 radical (unpaired) electrons. The molecule has 3 aromatic carbocycles. The molecule has 0 saturated carbocycles. The lowest BCUT2D eigenvalue weighted by Crippen LogP contribution is -2.11. The molecule has 0 aromatic heterocycles. The van der Waals surface area contributed by atoms with Gasteiger partial charge in [0, 0.05) is 0 Å². The molecule has 0 atom stereocenters. The molecule has 0 heterocycles. The molecule has 0 N–H and O–H groups in total. The molecule has 1 aliphatic rings. The Balaban J connectivity index is 1.96. The quantitative estimate of drug-likeness (QED) is 0.331. The SMILES string of the molecule is CC(C)(C)c1ccc2c(c1)Cc1cc(C(C)(C)C)cc(-c3ccccc3)c1-2. The van der Waals surface area contributed by atoms with Crippen molar-refractivity contribution in [3.05, 3.63) is 82.9 Å². The molecule has 0 heteroatoms. The van der Waals surface area contributed by atoms with Gasteiger partial charge in [-0.3, -0.25) is 0 Å². The predicted molar refractivity (Wildman–Crippen MR) is 118 cm³/mol. The summed E-state index contributed by atoms with van der Waals surface area (Å²) in [5.41, 5.74) is 11.7. The molecule has 0 aliphatic heterocycles. The van der Waals surface area contributed by atoms with E-state index in [2.05, 4.69) is 102 Å². The summed E-state index contributed by atoms with van der Waals surface area (Å²) in [5, 5.41) is 0. The van der Waals surface area contributed by atoms with E-state index in [0.717, 1.165) is 6.42 Å². The van der Waals surface area contributed by atoms with E-state index in [1.807, 2.05) is 0 Å². The Morgan fingerprint density at radius 2 is 1.22 bits per heavy atom. The zero-order valence-corrected chi connectivity index (χ0v) is 17.5. The molecule has 0 nitrogen and oxygen atoms in total. The fraction of sp³-hybridized carbons (Fsp3) is 0.333. The lowest BCUT2D eigenvalue weighted by Gasteiger charge is -2.23. The van der Waals surface area contributed by atoms with Gasteiger partial charge in [-0.15, -0.1) is 0 Å². The van der Waals surface area contributed by atoms with Crippen LogP contribution in [0.3, 0.4) is 0 Å². The predicted octanol–water partition coefficient (Wildman–Crippen LogP) is 7.52. The van der Waals surface area contributed by atoms with E-state index in [1.165, 1.54) is 44.5 Å². The second-order valence-corrected chi connectivity index (χ2v) is 9.97. The molecule has 0 unspecified atom stereocenters. The monoisotopic (exact) mass is 354 g/mol. The number of rotatable bonds is 1. The Hall–Kier alpha value is -2.34. The van der Waals surface area contributed by atoms with Crippen LogP contribution in [-0.4, -0.2) is 0 Å². The van der Waals surface area contributed by atoms with Crippen molar-refractivity contribution in [3.63, 3.8) is 0 Å². The molecular formula is C27H30. The smallest absolute Gasteiger partial charge is 0.00130 e. The highest BCUT2D eigenvalue weighted by atomic mass is 14.3. The molecule has 4 rings (SSSR count). The third-order valence-corrected chi connectivity index (χ3v) is 5.79. The first-order valence-electron chi connectivity index (χ1n) is 10.0. The minimum Gasteiger partial charge on any atom is -0.0622 e. The molecule has 0 bridgehead atoms. The van der Waals surface area contributed by atoms with Crippen molar-refractivity contribution in [1.29, 1.82) is 0 Å². The first kappa shape index (κ1) is 18.0. The molecule has 0 fully saturated rings. The van der Waals surface area contributed by atoms with E-state index in [1.54, 1.807) is 0 Å². The van der Waals surface area contributed by atoms with Gasteiger partial charge in [0.15, 0.2) is 0 Å². The van der Waals surface area contributed by atoms with Crippen LogP contribution < -0.4 is 0 Å². The topological polar surface area (TPSA) is 0 Å². The molecule has 3 aromatic rings. The molecule has 1 aliphatic carbocycles. The summed E-state index contributed by atoms with van der Waals surface area (Å²) < 4.78 is 0. The third-order valence-electron chi connectivity index (χ3n) is 5.79. The van der Waals surface area contributed by atoms with Crippen molar-refractivity contribution in [2.24, 2.45) is 0 Å². The Kier molecular flexibility index (Phi) is 4.07. The highest BCUT2D eigenvalue weighted by Crippen LogP contribution is 2.46. The summed E-state index contributed by atoms with van der Waals surface area (Å²) in [7, 11) is 0. The molecule has 27 heavy (non-hydrogen) atoms. The second-order valence-electron chi connectivity index (χ2n) is 9.97. The largest absolute Gasteiger partial charge is 0.0622 e. The third kappa shape index (κ3) is 3.23. The molecule has 0 spiro atoms. The summed E-state index contributed by atoms with van der Waals surface area (Å²) in [4.78, 5) is 0. The summed E-state index contributed by atoms with van der Waals surface area (Å²) in [6.07, 6.45) is 1.04. The van der Waals surface area contributed by atoms with Crippen molar-refractivity contribution in [2.75, 3.05) is 0 Å². The number of fused-ring (bicyclic) bond motifs is 3. The minimum absolute atomic E-state index is 0.143. The summed E-state index contributed by atoms with van der Waals surface area (Å²) in [5.74, 6) is 0. The van der Waals surface area contributed by atoms with Crippen LogP contribution in [0.5, 0.6) is 0 Å². The van der Waals surface area contributed by atoms with Gasteiger partial charge in [-0.2, -0.15) is 0 Å². The van der Waals surface area contributed by atoms with Crippen LogP contribution >= 0.6 is 0 Å². The van der Waals surface area contributed by atoms with Crippen LogP contribution in [0.4, 0.5) is 0 Å². The van der Waals surface area contributed by atoms with Crippen molar-refractivity contribution < 1.29 is 0 Å². The molecular weight excluding hydrogens is 324 g/mol. The number of benzene rings is 3. The van der Waals surface area contributed by atoms with E-state index in [4.69, 9.17) is 0 Å². The van der Waals surface area contributed by atoms with Crippen LogP contribution in [-0.2, 0) is 17.3 Å². The van der Waals surface area contributed by atoms with Crippen molar-refractivity contribution in [2.45, 2.75) is 58.8 Å². The lowest BCUT2D eigenvalue weighted by molar-refractivity contribution is 0.589. The average molecular weight is 355 g/mol. The summed E-state index contributed by atoms with van der Waals surface area (Å²) in [6, 6.07) is 22.8. The van der Waals surface area contributed by atoms with Gasteiger partial charge < -0.3 is 0 Å². The van der Waals surface area contributed by atoms with E-state index in [0.29, 0.717) is 0 Å². The van der Waals surface area contributed by atoms with Gasteiger partial charge in [-0.25, -0.2) is 0 Å². The van der Waals surface area contributed by atoms with Crippen LogP contribution in [0, 0.1) is 0 Å². The Morgan fingerprint density at radius 3 is 1.85 bits per heavy atom. The van der Waals surface area contributed by atoms with E-state index in [-0.39, 0.29) is 10.8 Å².